The Morgan fingerprint density at radius 3 is 2.71 bits per heavy atom. The molecule has 3 heterocycles. The van der Waals surface area contributed by atoms with Gasteiger partial charge in [0.1, 0.15) is 17.2 Å². The van der Waals surface area contributed by atoms with E-state index in [9.17, 15) is 14.3 Å². The van der Waals surface area contributed by atoms with Gasteiger partial charge in [0.25, 0.3) is 0 Å². The Balaban J connectivity index is 1.84. The van der Waals surface area contributed by atoms with E-state index >= 15 is 0 Å². The molecule has 0 amide bonds. The molecule has 1 aliphatic rings. The maximum atomic E-state index is 14.9. The number of aromatic carboxylic acids is 1. The molecule has 1 fully saturated rings. The first-order valence-electron chi connectivity index (χ1n) is 9.78. The molecule has 1 saturated heterocycles. The quantitative estimate of drug-likeness (QED) is 0.514. The number of imidazole rings is 1. The van der Waals surface area contributed by atoms with Crippen LogP contribution in [0.3, 0.4) is 0 Å². The summed E-state index contributed by atoms with van der Waals surface area (Å²) in [5.74, 6) is -1.01. The monoisotopic (exact) mass is 440 g/mol. The molecule has 0 aliphatic carbocycles. The van der Waals surface area contributed by atoms with Crippen LogP contribution in [0.25, 0.3) is 27.6 Å². The molecule has 1 N–H and O–H groups in total. The van der Waals surface area contributed by atoms with Crippen molar-refractivity contribution >= 4 is 45.2 Å². The number of carboxylic acid groups (broad SMARTS) is 1. The molecule has 31 heavy (non-hydrogen) atoms. The fourth-order valence-corrected chi connectivity index (χ4v) is 4.32. The highest BCUT2D eigenvalue weighted by atomic mass is 35.5. The molecule has 7 nitrogen and oxygen atoms in total. The molecule has 0 unspecified atom stereocenters. The van der Waals surface area contributed by atoms with Gasteiger partial charge in [-0.05, 0) is 37.3 Å². The molecule has 1 aliphatic heterocycles. The summed E-state index contributed by atoms with van der Waals surface area (Å²) < 4.78 is 22.1. The summed E-state index contributed by atoms with van der Waals surface area (Å²) in [5.41, 5.74) is 2.60. The van der Waals surface area contributed by atoms with Gasteiger partial charge in [0.2, 0.25) is 0 Å². The van der Waals surface area contributed by atoms with E-state index < -0.39 is 11.8 Å². The van der Waals surface area contributed by atoms with Crippen molar-refractivity contribution in [3.8, 4) is 5.69 Å². The van der Waals surface area contributed by atoms with Crippen LogP contribution in [0.4, 0.5) is 10.1 Å². The first-order chi connectivity index (χ1) is 15.0. The Morgan fingerprint density at radius 1 is 1.19 bits per heavy atom. The summed E-state index contributed by atoms with van der Waals surface area (Å²) in [5, 5.41) is 10.4. The zero-order chi connectivity index (χ0) is 21.7. The molecule has 0 spiro atoms. The van der Waals surface area contributed by atoms with Crippen LogP contribution in [-0.4, -0.2) is 51.9 Å². The number of morpholine rings is 1. The second-order valence-electron chi connectivity index (χ2n) is 7.34. The van der Waals surface area contributed by atoms with Crippen molar-refractivity contribution in [2.24, 2.45) is 0 Å². The molecule has 0 radical (unpaired) electrons. The van der Waals surface area contributed by atoms with Crippen molar-refractivity contribution in [2.75, 3.05) is 31.2 Å². The zero-order valence-electron chi connectivity index (χ0n) is 16.6. The van der Waals surface area contributed by atoms with E-state index in [1.54, 1.807) is 29.8 Å². The van der Waals surface area contributed by atoms with E-state index in [4.69, 9.17) is 16.3 Å². The van der Waals surface area contributed by atoms with E-state index in [0.29, 0.717) is 59.4 Å². The number of pyridine rings is 1. The third-order valence-electron chi connectivity index (χ3n) is 5.53. The van der Waals surface area contributed by atoms with Gasteiger partial charge in [-0.2, -0.15) is 0 Å². The van der Waals surface area contributed by atoms with Gasteiger partial charge in [0, 0.05) is 25.0 Å². The fraction of sp³-hybridized carbons (Fsp3) is 0.227. The van der Waals surface area contributed by atoms with Crippen molar-refractivity contribution in [2.45, 2.75) is 6.92 Å². The molecule has 5 rings (SSSR count). The van der Waals surface area contributed by atoms with E-state index in [1.807, 2.05) is 6.07 Å². The van der Waals surface area contributed by atoms with Crippen LogP contribution in [0.5, 0.6) is 0 Å². The third kappa shape index (κ3) is 3.19. The van der Waals surface area contributed by atoms with Crippen LogP contribution in [0.15, 0.2) is 36.5 Å². The van der Waals surface area contributed by atoms with E-state index in [2.05, 4.69) is 14.9 Å². The van der Waals surface area contributed by atoms with Gasteiger partial charge >= 0.3 is 5.97 Å². The van der Waals surface area contributed by atoms with E-state index in [1.165, 1.54) is 12.1 Å². The van der Waals surface area contributed by atoms with Gasteiger partial charge in [-0.1, -0.05) is 11.6 Å². The molecule has 0 saturated carbocycles. The molecule has 0 atom stereocenters. The van der Waals surface area contributed by atoms with Crippen LogP contribution in [0.1, 0.15) is 16.2 Å². The predicted molar refractivity (Wildman–Crippen MR) is 116 cm³/mol. The summed E-state index contributed by atoms with van der Waals surface area (Å²) in [6.07, 6.45) is 1.55. The molecule has 2 aromatic heterocycles. The molecule has 9 heteroatoms. The maximum Gasteiger partial charge on any atom is 0.338 e. The zero-order valence-corrected chi connectivity index (χ0v) is 17.4. The van der Waals surface area contributed by atoms with Gasteiger partial charge in [0.15, 0.2) is 0 Å². The third-order valence-corrected chi connectivity index (χ3v) is 5.84. The Hall–Kier alpha value is -3.23. The van der Waals surface area contributed by atoms with Gasteiger partial charge in [-0.15, -0.1) is 0 Å². The van der Waals surface area contributed by atoms with Gasteiger partial charge in [-0.3, -0.25) is 9.55 Å². The first kappa shape index (κ1) is 19.7. The van der Waals surface area contributed by atoms with Crippen molar-refractivity contribution in [1.82, 2.24) is 14.5 Å². The first-order valence-corrected chi connectivity index (χ1v) is 10.2. The number of anilines is 1. The highest BCUT2D eigenvalue weighted by Gasteiger charge is 2.23. The normalized spacial score (nSPS) is 14.5. The Kier molecular flexibility index (Phi) is 4.75. The number of benzene rings is 2. The SMILES string of the molecule is Cc1nc2c(C(=O)O)cc(N3CCOCC3)cc2n1-c1ccnc2c(Cl)ccc(F)c12. The Labute approximate surface area is 181 Å². The Morgan fingerprint density at radius 2 is 1.97 bits per heavy atom. The molecular weight excluding hydrogens is 423 g/mol. The predicted octanol–water partition coefficient (Wildman–Crippen LogP) is 4.21. The molecule has 158 valence electrons. The van der Waals surface area contributed by atoms with Crippen molar-refractivity contribution in [3.05, 3.63) is 58.8 Å². The van der Waals surface area contributed by atoms with Crippen LogP contribution >= 0.6 is 11.6 Å². The number of aryl methyl sites for hydroxylation is 1. The maximum absolute atomic E-state index is 14.9. The fourth-order valence-electron chi connectivity index (χ4n) is 4.11. The number of nitrogens with zero attached hydrogens (tertiary/aromatic N) is 4. The summed E-state index contributed by atoms with van der Waals surface area (Å²) in [4.78, 5) is 22.9. The van der Waals surface area contributed by atoms with Crippen LogP contribution in [0, 0.1) is 12.7 Å². The second kappa shape index (κ2) is 7.47. The highest BCUT2D eigenvalue weighted by molar-refractivity contribution is 6.35. The lowest BCUT2D eigenvalue weighted by Gasteiger charge is -2.29. The van der Waals surface area contributed by atoms with Gasteiger partial charge < -0.3 is 14.7 Å². The van der Waals surface area contributed by atoms with Gasteiger partial charge in [0.05, 0.1) is 45.9 Å². The van der Waals surface area contributed by atoms with Crippen molar-refractivity contribution in [3.63, 3.8) is 0 Å². The number of hydrogen-bond donors (Lipinski definition) is 1. The lowest BCUT2D eigenvalue weighted by molar-refractivity contribution is 0.0699. The summed E-state index contributed by atoms with van der Waals surface area (Å²) in [7, 11) is 0. The number of halogens is 2. The van der Waals surface area contributed by atoms with Crippen molar-refractivity contribution in [1.29, 1.82) is 0 Å². The van der Waals surface area contributed by atoms with E-state index in [0.717, 1.165) is 5.69 Å². The largest absolute Gasteiger partial charge is 0.478 e. The van der Waals surface area contributed by atoms with Crippen LogP contribution in [0.2, 0.25) is 5.02 Å². The smallest absolute Gasteiger partial charge is 0.338 e. The average Bonchev–Trinajstić information content (AvgIpc) is 3.11. The minimum Gasteiger partial charge on any atom is -0.478 e. The molecule has 4 aromatic rings. The number of ether oxygens (including phenoxy) is 1. The van der Waals surface area contributed by atoms with Gasteiger partial charge in [-0.25, -0.2) is 14.2 Å². The number of hydrogen-bond acceptors (Lipinski definition) is 5. The molecule has 2 aromatic carbocycles. The lowest BCUT2D eigenvalue weighted by Crippen LogP contribution is -2.36. The highest BCUT2D eigenvalue weighted by Crippen LogP contribution is 2.34. The Bertz CT molecular complexity index is 1350. The number of aromatic nitrogens is 3. The standard InChI is InChI=1S/C22H18ClFN4O3/c1-12-26-20-14(22(29)30)10-13(27-6-8-31-9-7-27)11-18(20)28(12)17-4-5-25-21-15(23)2-3-16(24)19(17)21/h2-5,10-11H,6-9H2,1H3,(H,29,30). The summed E-state index contributed by atoms with van der Waals surface area (Å²) in [6.45, 7) is 4.20. The summed E-state index contributed by atoms with van der Waals surface area (Å²) >= 11 is 6.26. The average molecular weight is 441 g/mol. The minimum absolute atomic E-state index is 0.0951. The molecular formula is C22H18ClFN4O3. The van der Waals surface area contributed by atoms with E-state index in [-0.39, 0.29) is 10.9 Å². The lowest BCUT2D eigenvalue weighted by atomic mass is 10.1. The number of rotatable bonds is 3. The molecule has 0 bridgehead atoms. The van der Waals surface area contributed by atoms with Crippen molar-refractivity contribution < 1.29 is 19.0 Å². The number of fused-ring (bicyclic) bond motifs is 2. The number of carboxylic acids is 1. The minimum atomic E-state index is -1.07. The second-order valence-corrected chi connectivity index (χ2v) is 7.75. The van der Waals surface area contributed by atoms with Crippen LogP contribution < -0.4 is 4.90 Å². The van der Waals surface area contributed by atoms with Crippen LogP contribution in [-0.2, 0) is 4.74 Å². The number of carbonyl (C=O) groups is 1. The topological polar surface area (TPSA) is 80.5 Å². The summed E-state index contributed by atoms with van der Waals surface area (Å²) in [6, 6.07) is 7.97.